The molecule has 0 aliphatic carbocycles. The van der Waals surface area contributed by atoms with Crippen LogP contribution in [0.15, 0.2) is 0 Å². The van der Waals surface area contributed by atoms with Gasteiger partial charge in [-0.3, -0.25) is 9.63 Å². The van der Waals surface area contributed by atoms with Crippen molar-refractivity contribution < 1.29 is 14.7 Å². The van der Waals surface area contributed by atoms with Gasteiger partial charge in [-0.2, -0.15) is 0 Å². The molecular formula is C9H19NO3. The van der Waals surface area contributed by atoms with E-state index in [0.29, 0.717) is 0 Å². The Morgan fingerprint density at radius 1 is 1.38 bits per heavy atom. The summed E-state index contributed by atoms with van der Waals surface area (Å²) in [6.07, 6.45) is -0.620. The molecule has 0 spiro atoms. The van der Waals surface area contributed by atoms with E-state index in [1.54, 1.807) is 6.92 Å². The van der Waals surface area contributed by atoms with Crippen molar-refractivity contribution in [3.63, 3.8) is 0 Å². The van der Waals surface area contributed by atoms with E-state index in [9.17, 15) is 9.90 Å². The van der Waals surface area contributed by atoms with E-state index in [1.807, 2.05) is 13.8 Å². The van der Waals surface area contributed by atoms with Crippen LogP contribution >= 0.6 is 0 Å². The van der Waals surface area contributed by atoms with E-state index in [0.717, 1.165) is 5.06 Å². The van der Waals surface area contributed by atoms with Crippen LogP contribution in [0.25, 0.3) is 0 Å². The minimum atomic E-state index is -0.620. The first-order valence-electron chi connectivity index (χ1n) is 4.41. The number of hydrogen-bond acceptors (Lipinski definition) is 3. The highest BCUT2D eigenvalue weighted by Gasteiger charge is 2.26. The van der Waals surface area contributed by atoms with Gasteiger partial charge in [0.1, 0.15) is 0 Å². The number of hydroxylamine groups is 2. The summed E-state index contributed by atoms with van der Waals surface area (Å²) in [5, 5.41) is 10.7. The summed E-state index contributed by atoms with van der Waals surface area (Å²) in [4.78, 5) is 16.2. The van der Waals surface area contributed by atoms with Crippen molar-refractivity contribution in [3.8, 4) is 0 Å². The molecule has 0 aromatic rings. The lowest BCUT2D eigenvalue weighted by Crippen LogP contribution is -2.38. The number of hydrogen-bond donors (Lipinski definition) is 1. The summed E-state index contributed by atoms with van der Waals surface area (Å²) < 4.78 is 0. The Morgan fingerprint density at radius 3 is 2.15 bits per heavy atom. The van der Waals surface area contributed by atoms with Gasteiger partial charge in [-0.05, 0) is 5.92 Å². The lowest BCUT2D eigenvalue weighted by molar-refractivity contribution is -0.177. The lowest BCUT2D eigenvalue weighted by atomic mass is 9.94. The molecule has 4 nitrogen and oxygen atoms in total. The number of carbonyl (C=O) groups is 1. The Hall–Kier alpha value is -0.610. The second kappa shape index (κ2) is 5.19. The van der Waals surface area contributed by atoms with Gasteiger partial charge >= 0.3 is 0 Å². The summed E-state index contributed by atoms with van der Waals surface area (Å²) in [6.45, 7) is 5.45. The van der Waals surface area contributed by atoms with E-state index in [-0.39, 0.29) is 11.8 Å². The van der Waals surface area contributed by atoms with E-state index in [2.05, 4.69) is 0 Å². The van der Waals surface area contributed by atoms with Crippen LogP contribution < -0.4 is 0 Å². The standard InChI is InChI=1S/C9H19NO3/c1-6(2)8(11)7(3)9(12)10(4)13-5/h6-8,11H,1-5H3/t7-,8+/m1/s1. The number of nitrogens with zero attached hydrogens (tertiary/aromatic N) is 1. The van der Waals surface area contributed by atoms with Gasteiger partial charge < -0.3 is 5.11 Å². The minimum absolute atomic E-state index is 0.0733. The van der Waals surface area contributed by atoms with Crippen molar-refractivity contribution in [1.29, 1.82) is 0 Å². The Balaban J connectivity index is 4.25. The molecule has 0 aliphatic rings. The highest BCUT2D eigenvalue weighted by Crippen LogP contribution is 2.14. The van der Waals surface area contributed by atoms with Crippen molar-refractivity contribution in [1.82, 2.24) is 5.06 Å². The number of carbonyl (C=O) groups excluding carboxylic acids is 1. The summed E-state index contributed by atoms with van der Waals surface area (Å²) in [5.41, 5.74) is 0. The highest BCUT2D eigenvalue weighted by atomic mass is 16.7. The zero-order valence-electron chi connectivity index (χ0n) is 8.94. The third-order valence-electron chi connectivity index (χ3n) is 2.17. The monoisotopic (exact) mass is 189 g/mol. The predicted octanol–water partition coefficient (Wildman–Crippen LogP) is 0.659. The molecule has 0 saturated heterocycles. The summed E-state index contributed by atoms with van der Waals surface area (Å²) in [7, 11) is 2.96. The predicted molar refractivity (Wildman–Crippen MR) is 49.8 cm³/mol. The normalized spacial score (nSPS) is 15.6. The van der Waals surface area contributed by atoms with Crippen LogP contribution in [0.4, 0.5) is 0 Å². The molecule has 0 unspecified atom stereocenters. The molecule has 0 aliphatic heterocycles. The van der Waals surface area contributed by atoms with E-state index < -0.39 is 12.0 Å². The zero-order valence-corrected chi connectivity index (χ0v) is 8.94. The van der Waals surface area contributed by atoms with E-state index in [4.69, 9.17) is 4.84 Å². The third-order valence-corrected chi connectivity index (χ3v) is 2.17. The molecule has 0 rings (SSSR count). The van der Waals surface area contributed by atoms with Crippen LogP contribution in [0.1, 0.15) is 20.8 Å². The van der Waals surface area contributed by atoms with Crippen molar-refractivity contribution in [2.45, 2.75) is 26.9 Å². The fourth-order valence-corrected chi connectivity index (χ4v) is 1.10. The topological polar surface area (TPSA) is 49.8 Å². The van der Waals surface area contributed by atoms with E-state index >= 15 is 0 Å². The van der Waals surface area contributed by atoms with Crippen LogP contribution in [0.2, 0.25) is 0 Å². The quantitative estimate of drug-likeness (QED) is 0.661. The number of aliphatic hydroxyl groups is 1. The Kier molecular flexibility index (Phi) is 4.95. The first kappa shape index (κ1) is 12.4. The Labute approximate surface area is 79.4 Å². The molecule has 1 amide bonds. The van der Waals surface area contributed by atoms with Gasteiger partial charge in [-0.25, -0.2) is 5.06 Å². The molecule has 78 valence electrons. The third kappa shape index (κ3) is 3.32. The van der Waals surface area contributed by atoms with Gasteiger partial charge in [0, 0.05) is 7.05 Å². The molecule has 0 saturated carbocycles. The first-order valence-corrected chi connectivity index (χ1v) is 4.41. The van der Waals surface area contributed by atoms with Crippen molar-refractivity contribution in [2.75, 3.05) is 14.2 Å². The lowest BCUT2D eigenvalue weighted by Gasteiger charge is -2.24. The summed E-state index contributed by atoms with van der Waals surface area (Å²) in [5.74, 6) is -0.558. The SMILES string of the molecule is CON(C)C(=O)[C@H](C)[C@@H](O)C(C)C. The largest absolute Gasteiger partial charge is 0.392 e. The fourth-order valence-electron chi connectivity index (χ4n) is 1.10. The second-order valence-corrected chi connectivity index (χ2v) is 3.54. The molecular weight excluding hydrogens is 170 g/mol. The molecule has 0 aromatic carbocycles. The molecule has 4 heteroatoms. The van der Waals surface area contributed by atoms with Gasteiger partial charge in [0.25, 0.3) is 5.91 Å². The second-order valence-electron chi connectivity index (χ2n) is 3.54. The van der Waals surface area contributed by atoms with Gasteiger partial charge in [0.15, 0.2) is 0 Å². The summed E-state index contributed by atoms with van der Waals surface area (Å²) in [6, 6.07) is 0. The van der Waals surface area contributed by atoms with Gasteiger partial charge in [0.05, 0.1) is 19.1 Å². The van der Waals surface area contributed by atoms with Crippen LogP contribution in [-0.4, -0.2) is 36.3 Å². The van der Waals surface area contributed by atoms with Crippen molar-refractivity contribution in [3.05, 3.63) is 0 Å². The number of aliphatic hydroxyl groups excluding tert-OH is 1. The molecule has 0 fully saturated rings. The van der Waals surface area contributed by atoms with E-state index in [1.165, 1.54) is 14.2 Å². The summed E-state index contributed by atoms with van der Waals surface area (Å²) >= 11 is 0. The fraction of sp³-hybridized carbons (Fsp3) is 0.889. The Morgan fingerprint density at radius 2 is 1.85 bits per heavy atom. The molecule has 13 heavy (non-hydrogen) atoms. The average molecular weight is 189 g/mol. The Bertz CT molecular complexity index is 170. The first-order chi connectivity index (χ1) is 5.91. The molecule has 0 radical (unpaired) electrons. The average Bonchev–Trinajstić information content (AvgIpc) is 2.12. The van der Waals surface area contributed by atoms with Gasteiger partial charge in [-0.15, -0.1) is 0 Å². The van der Waals surface area contributed by atoms with Crippen LogP contribution in [0.5, 0.6) is 0 Å². The maximum Gasteiger partial charge on any atom is 0.251 e. The minimum Gasteiger partial charge on any atom is -0.392 e. The molecule has 0 heterocycles. The maximum atomic E-state index is 11.5. The van der Waals surface area contributed by atoms with Crippen molar-refractivity contribution >= 4 is 5.91 Å². The van der Waals surface area contributed by atoms with Crippen LogP contribution in [0, 0.1) is 11.8 Å². The smallest absolute Gasteiger partial charge is 0.251 e. The number of amides is 1. The number of rotatable bonds is 4. The van der Waals surface area contributed by atoms with Crippen LogP contribution in [-0.2, 0) is 9.63 Å². The molecule has 0 aromatic heterocycles. The highest BCUT2D eigenvalue weighted by molar-refractivity contribution is 5.77. The van der Waals surface area contributed by atoms with Crippen molar-refractivity contribution in [2.24, 2.45) is 11.8 Å². The molecule has 1 N–H and O–H groups in total. The molecule has 0 bridgehead atoms. The maximum absolute atomic E-state index is 11.5. The van der Waals surface area contributed by atoms with Gasteiger partial charge in [-0.1, -0.05) is 20.8 Å². The van der Waals surface area contributed by atoms with Gasteiger partial charge in [0.2, 0.25) is 0 Å². The zero-order chi connectivity index (χ0) is 10.6. The van der Waals surface area contributed by atoms with Crippen LogP contribution in [0.3, 0.4) is 0 Å². The molecule has 2 atom stereocenters.